The molecule has 0 unspecified atom stereocenters. The lowest BCUT2D eigenvalue weighted by molar-refractivity contribution is -0.255. The number of oxime groups is 1. The third-order valence-electron chi connectivity index (χ3n) is 12.8. The van der Waals surface area contributed by atoms with Crippen molar-refractivity contribution in [1.82, 2.24) is 4.90 Å². The third kappa shape index (κ3) is 10.0. The van der Waals surface area contributed by atoms with E-state index >= 15 is 0 Å². The van der Waals surface area contributed by atoms with Gasteiger partial charge in [-0.05, 0) is 103 Å². The molecule has 12 heteroatoms. The van der Waals surface area contributed by atoms with Gasteiger partial charge >= 0.3 is 0 Å². The minimum atomic E-state index is -1.41. The number of likely N-dealkylation sites (N-methyl/N-ethyl adjacent to an activating group) is 1. The van der Waals surface area contributed by atoms with E-state index in [4.69, 9.17) is 33.7 Å². The summed E-state index contributed by atoms with van der Waals surface area (Å²) >= 11 is 0. The number of nitrogens with zero attached hydrogens (tertiary/aromatic N) is 2. The molecule has 0 bridgehead atoms. The Balaban J connectivity index is 1.40. The first kappa shape index (κ1) is 46.1. The number of aliphatic hydroxyl groups excluding tert-OH is 2. The van der Waals surface area contributed by atoms with E-state index in [1.54, 1.807) is 43.3 Å². The lowest BCUT2D eigenvalue weighted by Gasteiger charge is -2.59. The van der Waals surface area contributed by atoms with Crippen LogP contribution in [0.3, 0.4) is 0 Å². The molecule has 338 valence electrons. The summed E-state index contributed by atoms with van der Waals surface area (Å²) in [6.07, 6.45) is 9.62. The Labute approximate surface area is 376 Å². The molecule has 0 spiro atoms. The number of aldehydes is 1. The summed E-state index contributed by atoms with van der Waals surface area (Å²) < 4.78 is 31.7. The summed E-state index contributed by atoms with van der Waals surface area (Å²) in [5.74, 6) is 0.503. The van der Waals surface area contributed by atoms with Gasteiger partial charge in [-0.2, -0.15) is 0 Å². The van der Waals surface area contributed by atoms with E-state index < -0.39 is 17.7 Å². The highest BCUT2D eigenvalue weighted by atomic mass is 16.7. The highest BCUT2D eigenvalue weighted by Gasteiger charge is 2.65. The van der Waals surface area contributed by atoms with E-state index in [9.17, 15) is 19.8 Å². The van der Waals surface area contributed by atoms with Crippen LogP contribution in [-0.4, -0.2) is 85.9 Å². The molecule has 0 radical (unpaired) electrons. The lowest BCUT2D eigenvalue weighted by atomic mass is 9.55. The van der Waals surface area contributed by atoms with Crippen LogP contribution in [0.1, 0.15) is 77.9 Å². The molecule has 4 aromatic rings. The van der Waals surface area contributed by atoms with Crippen molar-refractivity contribution in [3.63, 3.8) is 0 Å². The first-order valence-corrected chi connectivity index (χ1v) is 22.2. The number of carbonyl (C=O) groups is 2. The summed E-state index contributed by atoms with van der Waals surface area (Å²) in [5, 5.41) is 24.8. The summed E-state index contributed by atoms with van der Waals surface area (Å²) in [7, 11) is 4.92. The summed E-state index contributed by atoms with van der Waals surface area (Å²) in [5.41, 5.74) is 4.68. The van der Waals surface area contributed by atoms with Crippen LogP contribution in [0.25, 0.3) is 0 Å². The number of benzene rings is 4. The Kier molecular flexibility index (Phi) is 15.6. The zero-order valence-corrected chi connectivity index (χ0v) is 37.0. The van der Waals surface area contributed by atoms with E-state index in [-0.39, 0.29) is 62.9 Å². The Morgan fingerprint density at radius 1 is 0.891 bits per heavy atom. The molecule has 7 rings (SSSR count). The average Bonchev–Trinajstić information content (AvgIpc) is 3.32. The second-order valence-electron chi connectivity index (χ2n) is 16.7. The molecule has 2 aliphatic carbocycles. The van der Waals surface area contributed by atoms with Gasteiger partial charge in [0.05, 0.1) is 44.4 Å². The zero-order valence-electron chi connectivity index (χ0n) is 37.0. The maximum atomic E-state index is 14.6. The number of hydrogen-bond donors (Lipinski definition) is 2. The highest BCUT2D eigenvalue weighted by Crippen LogP contribution is 2.62. The maximum absolute atomic E-state index is 14.6. The molecule has 0 saturated heterocycles. The minimum absolute atomic E-state index is 0.0225. The molecule has 0 aromatic heterocycles. The predicted octanol–water partition coefficient (Wildman–Crippen LogP) is 8.84. The van der Waals surface area contributed by atoms with Crippen LogP contribution in [0.4, 0.5) is 0 Å². The quantitative estimate of drug-likeness (QED) is 0.0340. The zero-order chi connectivity index (χ0) is 45.1. The highest BCUT2D eigenvalue weighted by molar-refractivity contribution is 6.03. The van der Waals surface area contributed by atoms with Crippen LogP contribution in [0.5, 0.6) is 28.7 Å². The van der Waals surface area contributed by atoms with Crippen molar-refractivity contribution in [3.05, 3.63) is 138 Å². The molecule has 6 atom stereocenters. The first-order valence-electron chi connectivity index (χ1n) is 22.2. The van der Waals surface area contributed by atoms with E-state index in [2.05, 4.69) is 12.7 Å². The number of carbonyl (C=O) groups excluding carboxylic acids is 2. The number of hydrogen-bond acceptors (Lipinski definition) is 11. The molecule has 2 N–H and O–H groups in total. The SMILES string of the molecule is C=CCO[C@@]12Oc3ccc(Oc4ccc(OC)c(C=O)c4)cc3[C@H]3[C@H](CCCCO)[C@@H](CCCCO)C=C(C(=NOCc4ccccc4)C[C@@H]1N(C)C(=O)Cc1cccc(OC)c1)[C@H]32. The number of ether oxygens (including phenoxy) is 5. The van der Waals surface area contributed by atoms with Gasteiger partial charge in [0.25, 0.3) is 0 Å². The average molecular weight is 873 g/mol. The molecule has 1 amide bonds. The van der Waals surface area contributed by atoms with Gasteiger partial charge in [-0.3, -0.25) is 9.59 Å². The Bertz CT molecular complexity index is 2290. The van der Waals surface area contributed by atoms with Gasteiger partial charge in [-0.1, -0.05) is 72.6 Å². The number of methoxy groups -OCH3 is 2. The van der Waals surface area contributed by atoms with E-state index in [1.165, 1.54) is 7.11 Å². The molecular formula is C52H60N2O10. The number of aliphatic hydroxyl groups is 2. The van der Waals surface area contributed by atoms with Crippen LogP contribution >= 0.6 is 0 Å². The lowest BCUT2D eigenvalue weighted by Crippen LogP contribution is -2.69. The van der Waals surface area contributed by atoms with Crippen molar-refractivity contribution < 1.29 is 48.3 Å². The summed E-state index contributed by atoms with van der Waals surface area (Å²) in [6, 6.07) is 27.5. The number of unbranched alkanes of at least 4 members (excludes halogenated alkanes) is 2. The van der Waals surface area contributed by atoms with Gasteiger partial charge < -0.3 is 43.6 Å². The van der Waals surface area contributed by atoms with Crippen molar-refractivity contribution in [2.24, 2.45) is 22.9 Å². The molecular weight excluding hydrogens is 813 g/mol. The topological polar surface area (TPSA) is 146 Å². The van der Waals surface area contributed by atoms with Crippen molar-refractivity contribution in [2.45, 2.75) is 75.7 Å². The van der Waals surface area contributed by atoms with E-state index in [0.717, 1.165) is 54.2 Å². The maximum Gasteiger partial charge on any atom is 0.239 e. The Morgan fingerprint density at radius 3 is 2.38 bits per heavy atom. The van der Waals surface area contributed by atoms with Gasteiger partial charge in [0.2, 0.25) is 11.7 Å². The van der Waals surface area contributed by atoms with Gasteiger partial charge in [0.15, 0.2) is 6.29 Å². The number of rotatable bonds is 22. The molecule has 1 saturated carbocycles. The Morgan fingerprint density at radius 2 is 1.64 bits per heavy atom. The molecule has 12 nitrogen and oxygen atoms in total. The fraction of sp³-hybridized carbons (Fsp3) is 0.404. The molecule has 1 aliphatic heterocycles. The summed E-state index contributed by atoms with van der Waals surface area (Å²) in [4.78, 5) is 34.5. The van der Waals surface area contributed by atoms with E-state index in [0.29, 0.717) is 52.9 Å². The summed E-state index contributed by atoms with van der Waals surface area (Å²) in [6.45, 7) is 4.59. The monoisotopic (exact) mass is 872 g/mol. The third-order valence-corrected chi connectivity index (χ3v) is 12.8. The van der Waals surface area contributed by atoms with Crippen molar-refractivity contribution in [1.29, 1.82) is 0 Å². The van der Waals surface area contributed by atoms with Crippen molar-refractivity contribution >= 4 is 17.9 Å². The normalized spacial score (nSPS) is 22.5. The predicted molar refractivity (Wildman–Crippen MR) is 244 cm³/mol. The standard InChI is InChI=1S/C52H60N2O10/c1-5-26-61-52-48(54(2)49(58)28-36-16-13-18-39(27-36)59-3)32-45(53-62-34-35-14-7-6-8-15-35)43-30-37(17-9-11-24-55)42(19-10-12-25-56)50(51(43)52)44-31-41(21-23-47(44)64-52)63-40-20-22-46(60-4)38(29-40)33-57/h5-8,13-16,18,20-23,27,29-31,33,37,42,48,50-51,55-56H,1,9-12,17,19,24-26,28,32,34H2,2-4H3/t37-,42+,48-,50+,51+,52+/m0/s1. The van der Waals surface area contributed by atoms with Gasteiger partial charge in [0.1, 0.15) is 41.4 Å². The fourth-order valence-electron chi connectivity index (χ4n) is 9.81. The molecule has 64 heavy (non-hydrogen) atoms. The van der Waals surface area contributed by atoms with Crippen LogP contribution < -0.4 is 18.9 Å². The second-order valence-corrected chi connectivity index (χ2v) is 16.7. The molecule has 1 fully saturated rings. The van der Waals surface area contributed by atoms with Crippen molar-refractivity contribution in [2.75, 3.05) is 41.1 Å². The van der Waals surface area contributed by atoms with Crippen LogP contribution in [0.15, 0.2) is 120 Å². The number of fused-ring (bicyclic) bond motifs is 2. The van der Waals surface area contributed by atoms with Gasteiger partial charge in [-0.15, -0.1) is 6.58 Å². The van der Waals surface area contributed by atoms with Crippen LogP contribution in [-0.2, 0) is 27.4 Å². The smallest absolute Gasteiger partial charge is 0.239 e. The number of allylic oxidation sites excluding steroid dienone is 1. The van der Waals surface area contributed by atoms with Crippen LogP contribution in [0.2, 0.25) is 0 Å². The van der Waals surface area contributed by atoms with Gasteiger partial charge in [0, 0.05) is 38.2 Å². The van der Waals surface area contributed by atoms with Crippen LogP contribution in [0, 0.1) is 17.8 Å². The molecule has 4 aromatic carbocycles. The fourth-order valence-corrected chi connectivity index (χ4v) is 9.81. The molecule has 1 heterocycles. The largest absolute Gasteiger partial charge is 0.497 e. The van der Waals surface area contributed by atoms with Gasteiger partial charge in [-0.25, -0.2) is 0 Å². The second kappa shape index (κ2) is 21.6. The minimum Gasteiger partial charge on any atom is -0.497 e. The Hall–Kier alpha value is -5.95. The first-order chi connectivity index (χ1) is 31.3. The van der Waals surface area contributed by atoms with Crippen molar-refractivity contribution in [3.8, 4) is 28.7 Å². The molecule has 3 aliphatic rings. The number of amides is 1. The van der Waals surface area contributed by atoms with E-state index in [1.807, 2.05) is 72.8 Å².